The lowest BCUT2D eigenvalue weighted by Crippen LogP contribution is -2.58. The Morgan fingerprint density at radius 3 is 1.07 bits per heavy atom. The first-order valence-electron chi connectivity index (χ1n) is 38.9. The Kier molecular flexibility index (Phi) is 13.1. The van der Waals surface area contributed by atoms with Crippen LogP contribution in [0.2, 0.25) is 0 Å². The van der Waals surface area contributed by atoms with Gasteiger partial charge in [-0.1, -0.05) is 212 Å². The smallest absolute Gasteiger partial charge is 0.256 e. The van der Waals surface area contributed by atoms with Crippen LogP contribution in [0.3, 0.4) is 0 Å². The zero-order valence-corrected chi connectivity index (χ0v) is 61.5. The fourth-order valence-corrected chi connectivity index (χ4v) is 20.7. The number of nitriles is 4. The Hall–Kier alpha value is -15.9. The number of ether oxygens (including phenoxy) is 4. The molecule has 0 N–H and O–H groups in total. The molecule has 0 unspecified atom stereocenters. The lowest BCUT2D eigenvalue weighted by molar-refractivity contribution is 0.485. The molecule has 16 heteroatoms. The Labute approximate surface area is 664 Å². The van der Waals surface area contributed by atoms with Gasteiger partial charge in [-0.3, -0.25) is 0 Å². The van der Waals surface area contributed by atoms with E-state index in [0.717, 1.165) is 84.4 Å². The molecule has 528 valence electrons. The van der Waals surface area contributed by atoms with E-state index in [1.54, 1.807) is 0 Å². The molecule has 0 fully saturated rings. The molecule has 8 aliphatic rings. The molecule has 0 radical (unpaired) electrons. The zero-order valence-electron chi connectivity index (χ0n) is 61.5. The second-order valence-corrected chi connectivity index (χ2v) is 30.7. The van der Waals surface area contributed by atoms with Gasteiger partial charge < -0.3 is 37.2 Å². The summed E-state index contributed by atoms with van der Waals surface area (Å²) in [6.07, 6.45) is 0. The first kappa shape index (κ1) is 63.9. The van der Waals surface area contributed by atoms with Crippen LogP contribution in [0.5, 0.6) is 46.0 Å². The quantitative estimate of drug-likeness (QED) is 0.136. The van der Waals surface area contributed by atoms with Gasteiger partial charge in [-0.25, -0.2) is 0 Å². The van der Waals surface area contributed by atoms with Gasteiger partial charge in [-0.2, -0.15) is 21.0 Å². The summed E-state index contributed by atoms with van der Waals surface area (Å²) < 4.78 is 34.6. The van der Waals surface area contributed by atoms with Crippen molar-refractivity contribution in [3.05, 3.63) is 338 Å². The van der Waals surface area contributed by atoms with Crippen molar-refractivity contribution >= 4 is 180 Å². The number of benzene rings is 16. The van der Waals surface area contributed by atoms with Crippen molar-refractivity contribution in [2.24, 2.45) is 0 Å². The summed E-state index contributed by atoms with van der Waals surface area (Å²) in [4.78, 5) is 0. The highest BCUT2D eigenvalue weighted by molar-refractivity contribution is 7.01. The van der Waals surface area contributed by atoms with Crippen LogP contribution in [0.15, 0.2) is 315 Å². The molecule has 0 saturated heterocycles. The van der Waals surface area contributed by atoms with Gasteiger partial charge in [0.05, 0.1) is 56.5 Å². The van der Waals surface area contributed by atoms with Crippen molar-refractivity contribution in [2.45, 2.75) is 0 Å². The second kappa shape index (κ2) is 23.8. The molecular weight excluding hydrogens is 1420 g/mol. The Bertz CT molecular complexity index is 8110. The van der Waals surface area contributed by atoms with E-state index >= 15 is 0 Å². The predicted molar refractivity (Wildman–Crippen MR) is 467 cm³/mol. The monoisotopic (exact) mass is 1470 g/mol. The molecule has 8 aliphatic heterocycles. The standard InChI is InChI=1S/4C25H13BN2O/c27-14-15-12-21-24-23(13-15)29-22-11-4-2-8-18(22)26(24)19-9-5-7-17-16-6-1-3-10-20(16)28(21)25(17)19;27-14-15-12-13-21-23-25(15)29-22-11-4-2-8-18(22)26(23)19-9-5-7-17-16-6-1-3-10-20(16)28(21)24(17)19;27-14-15-6-3-10-19-25(15)29-22-13-5-12-21-23(22)26(19)18-9-4-8-17-16-7-1-2-11-20(16)28(21)24(17)18;27-14-15-11-12-18-23(13-15)29-22-10-4-9-21-24(22)26(18)19-7-3-6-17-16-5-1-2-8-20(16)28(21)25(17)19/h4*1-13H. The molecule has 4 aromatic heterocycles. The first-order chi connectivity index (χ1) is 57.4. The fourth-order valence-electron chi connectivity index (χ4n) is 20.7. The van der Waals surface area contributed by atoms with E-state index in [1.165, 1.54) is 126 Å². The molecule has 12 nitrogen and oxygen atoms in total. The van der Waals surface area contributed by atoms with Gasteiger partial charge >= 0.3 is 0 Å². The number of fused-ring (bicyclic) bond motifs is 28. The maximum absolute atomic E-state index is 9.75. The third kappa shape index (κ3) is 8.50. The van der Waals surface area contributed by atoms with Crippen LogP contribution in [0.1, 0.15) is 22.3 Å². The second-order valence-electron chi connectivity index (χ2n) is 30.7. The van der Waals surface area contributed by atoms with E-state index in [-0.39, 0.29) is 26.9 Å². The number of hydrogen-bond acceptors (Lipinski definition) is 8. The minimum Gasteiger partial charge on any atom is -0.458 e. The lowest BCUT2D eigenvalue weighted by Gasteiger charge is -2.33. The van der Waals surface area contributed by atoms with Crippen molar-refractivity contribution in [1.82, 2.24) is 18.3 Å². The van der Waals surface area contributed by atoms with E-state index in [4.69, 9.17) is 18.9 Å². The topological polar surface area (TPSA) is 152 Å². The van der Waals surface area contributed by atoms with Crippen molar-refractivity contribution in [2.75, 3.05) is 0 Å². The molecule has 0 spiro atoms. The molecule has 0 amide bonds. The van der Waals surface area contributed by atoms with Crippen molar-refractivity contribution in [3.8, 4) is 93.0 Å². The normalized spacial score (nSPS) is 13.0. The average molecular weight is 1470 g/mol. The van der Waals surface area contributed by atoms with Gasteiger partial charge in [0.1, 0.15) is 58.1 Å². The van der Waals surface area contributed by atoms with Gasteiger partial charge in [-0.05, 0) is 169 Å². The van der Waals surface area contributed by atoms with Crippen LogP contribution in [0, 0.1) is 45.3 Å². The Morgan fingerprint density at radius 1 is 0.216 bits per heavy atom. The molecule has 20 aromatic rings. The molecule has 28 rings (SSSR count). The number of rotatable bonds is 0. The number of hydrogen-bond donors (Lipinski definition) is 0. The highest BCUT2D eigenvalue weighted by Crippen LogP contribution is 2.44. The summed E-state index contributed by atoms with van der Waals surface area (Å²) in [7, 11) is 0. The Balaban J connectivity index is 0.0000000866. The molecule has 12 heterocycles. The van der Waals surface area contributed by atoms with Crippen molar-refractivity contribution in [3.63, 3.8) is 0 Å². The molecule has 0 saturated carbocycles. The molecule has 0 aliphatic carbocycles. The molecule has 0 bridgehead atoms. The van der Waals surface area contributed by atoms with E-state index in [9.17, 15) is 21.0 Å². The maximum atomic E-state index is 9.75. The average Bonchev–Trinajstić information content (AvgIpc) is 1.49. The maximum Gasteiger partial charge on any atom is 0.256 e. The third-order valence-electron chi connectivity index (χ3n) is 25.1. The molecule has 16 aromatic carbocycles. The Morgan fingerprint density at radius 2 is 0.560 bits per heavy atom. The number of nitrogens with zero attached hydrogens (tertiary/aromatic N) is 8. The van der Waals surface area contributed by atoms with Crippen LogP contribution in [0.4, 0.5) is 0 Å². The van der Waals surface area contributed by atoms with Crippen LogP contribution in [-0.2, 0) is 0 Å². The van der Waals surface area contributed by atoms with Gasteiger partial charge in [0.15, 0.2) is 0 Å². The number of para-hydroxylation sites is 11. The molecule has 116 heavy (non-hydrogen) atoms. The van der Waals surface area contributed by atoms with E-state index in [0.29, 0.717) is 33.8 Å². The summed E-state index contributed by atoms with van der Waals surface area (Å²) >= 11 is 0. The SMILES string of the molecule is N#Cc1cc2c3c(c1)-n1c4ccccc4c4cccc(c41)B3c1ccccc1O2.N#Cc1ccc2c(c1)Oc1cccc3c1B2c1cccc2c4ccccc4n-3c12.N#Cc1ccc2c3c1Oc1ccccc1B3c1cccc3c4ccccc4n-2c13.N#Cc1cccc2c1Oc1cccc3c1B2c1cccc2c4ccccc4n-3c12. The molecule has 0 atom stereocenters. The van der Waals surface area contributed by atoms with Gasteiger partial charge in [0, 0.05) is 87.9 Å². The van der Waals surface area contributed by atoms with Gasteiger partial charge in [0.25, 0.3) is 26.9 Å². The van der Waals surface area contributed by atoms with E-state index in [2.05, 4.69) is 273 Å². The summed E-state index contributed by atoms with van der Waals surface area (Å²) in [5, 5.41) is 48.5. The van der Waals surface area contributed by atoms with E-state index < -0.39 is 0 Å². The minimum absolute atomic E-state index is 0.0544. The summed E-state index contributed by atoms with van der Waals surface area (Å²) in [6.45, 7) is 0.300. The van der Waals surface area contributed by atoms with Crippen LogP contribution < -0.4 is 84.5 Å². The minimum atomic E-state index is 0.0544. The summed E-state index contributed by atoms with van der Waals surface area (Å²) in [5.74, 6) is 6.34. The summed E-state index contributed by atoms with van der Waals surface area (Å²) in [6, 6.07) is 118. The fraction of sp³-hybridized carbons (Fsp3) is 0. The van der Waals surface area contributed by atoms with E-state index in [1.807, 2.05) is 84.9 Å². The number of aromatic nitrogens is 4. The van der Waals surface area contributed by atoms with Crippen LogP contribution in [0.25, 0.3) is 110 Å². The zero-order chi connectivity index (χ0) is 76.4. The largest absolute Gasteiger partial charge is 0.458 e. The van der Waals surface area contributed by atoms with Crippen molar-refractivity contribution in [1.29, 1.82) is 21.0 Å². The van der Waals surface area contributed by atoms with Crippen molar-refractivity contribution < 1.29 is 18.9 Å². The first-order valence-corrected chi connectivity index (χ1v) is 38.9. The van der Waals surface area contributed by atoms with Gasteiger partial charge in [-0.15, -0.1) is 0 Å². The van der Waals surface area contributed by atoms with Crippen LogP contribution >= 0.6 is 0 Å². The molecular formula is C100H52B4N8O4. The lowest BCUT2D eigenvalue weighted by atomic mass is 9.34. The highest BCUT2D eigenvalue weighted by atomic mass is 16.5. The summed E-state index contributed by atoms with van der Waals surface area (Å²) in [5.41, 5.74) is 30.8. The predicted octanol–water partition coefficient (Wildman–Crippen LogP) is 14.4. The third-order valence-corrected chi connectivity index (χ3v) is 25.1. The van der Waals surface area contributed by atoms with Gasteiger partial charge in [0.2, 0.25) is 0 Å². The highest BCUT2D eigenvalue weighted by Gasteiger charge is 2.46. The van der Waals surface area contributed by atoms with Crippen LogP contribution in [-0.4, -0.2) is 45.1 Å².